The fraction of sp³-hybridized carbons (Fsp3) is 0.273. The molecule has 0 bridgehead atoms. The van der Waals surface area contributed by atoms with Gasteiger partial charge in [0.05, 0.1) is 63.1 Å². The summed E-state index contributed by atoms with van der Waals surface area (Å²) in [6.45, 7) is 15.1. The number of rotatable bonds is 6. The van der Waals surface area contributed by atoms with Crippen molar-refractivity contribution in [1.82, 2.24) is 68.9 Å². The lowest BCUT2D eigenvalue weighted by molar-refractivity contribution is 0.494. The molecule has 19 rings (SSSR count). The van der Waals surface area contributed by atoms with Crippen LogP contribution in [0.25, 0.3) is 85.0 Å². The van der Waals surface area contributed by atoms with E-state index in [1.54, 1.807) is 12.1 Å². The molecule has 2 unspecified atom stereocenters. The molecule has 0 spiro atoms. The molecule has 6 aliphatic heterocycles. The quantitative estimate of drug-likeness (QED) is 0.160. The average molecular weight is 1280 g/mol. The molecule has 482 valence electrons. The van der Waals surface area contributed by atoms with Crippen LogP contribution >= 0.6 is 0 Å². The van der Waals surface area contributed by atoms with Gasteiger partial charge in [-0.05, 0) is 211 Å². The molecule has 19 nitrogen and oxygen atoms in total. The van der Waals surface area contributed by atoms with Gasteiger partial charge in [0.1, 0.15) is 12.1 Å². The maximum absolute atomic E-state index is 13.4. The van der Waals surface area contributed by atoms with Gasteiger partial charge in [0.2, 0.25) is 5.82 Å². The number of nitriles is 2. The number of hydrogen-bond acceptors (Lipinski definition) is 13. The van der Waals surface area contributed by atoms with Crippen molar-refractivity contribution < 1.29 is 4.39 Å². The van der Waals surface area contributed by atoms with Crippen molar-refractivity contribution in [2.45, 2.75) is 58.7 Å². The van der Waals surface area contributed by atoms with E-state index in [0.29, 0.717) is 23.5 Å². The topological polar surface area (TPSA) is 188 Å². The molecular weight excluding hydrogens is 1210 g/mol. The van der Waals surface area contributed by atoms with E-state index >= 15 is 0 Å². The lowest BCUT2D eigenvalue weighted by atomic mass is 10.0. The number of imidazole rings is 1. The van der Waals surface area contributed by atoms with Crippen LogP contribution in [0.4, 0.5) is 21.5 Å². The van der Waals surface area contributed by atoms with Gasteiger partial charge in [0.15, 0.2) is 11.6 Å². The first-order valence-electron chi connectivity index (χ1n) is 33.9. The van der Waals surface area contributed by atoms with E-state index in [-0.39, 0.29) is 5.82 Å². The van der Waals surface area contributed by atoms with E-state index in [1.165, 1.54) is 83.9 Å². The molecule has 3 saturated heterocycles. The average Bonchev–Trinajstić information content (AvgIpc) is 1.63. The Balaban J connectivity index is 0.000000110. The molecule has 12 aromatic rings. The summed E-state index contributed by atoms with van der Waals surface area (Å²) in [5, 5.41) is 46.4. The first-order chi connectivity index (χ1) is 47.7. The molecule has 6 aromatic carbocycles. The zero-order valence-electron chi connectivity index (χ0n) is 54.1. The Morgan fingerprint density at radius 1 is 0.464 bits per heavy atom. The molecule has 2 N–H and O–H groups in total. The second-order valence-corrected chi connectivity index (χ2v) is 26.6. The molecule has 7 aliphatic rings. The number of anilines is 3. The number of fused-ring (bicyclic) bond motifs is 16. The fourth-order valence-electron chi connectivity index (χ4n) is 15.6. The van der Waals surface area contributed by atoms with E-state index < -0.39 is 0 Å². The third-order valence-electron chi connectivity index (χ3n) is 20.6. The van der Waals surface area contributed by atoms with E-state index in [1.807, 2.05) is 59.5 Å². The Morgan fingerprint density at radius 3 is 1.49 bits per heavy atom. The number of aromatic nitrogens is 12. The van der Waals surface area contributed by atoms with Crippen LogP contribution in [0.3, 0.4) is 0 Å². The number of nitrogens with zero attached hydrogens (tertiary/aromatic N) is 17. The predicted octanol–water partition coefficient (Wildman–Crippen LogP) is 12.3. The Hall–Kier alpha value is -11.2. The number of halogens is 1. The molecule has 2 atom stereocenters. The molecule has 4 fully saturated rings. The van der Waals surface area contributed by atoms with E-state index in [4.69, 9.17) is 15.5 Å². The fourth-order valence-corrected chi connectivity index (χ4v) is 15.6. The van der Waals surface area contributed by atoms with Crippen LogP contribution in [-0.4, -0.2) is 124 Å². The zero-order valence-corrected chi connectivity index (χ0v) is 54.1. The van der Waals surface area contributed by atoms with Gasteiger partial charge >= 0.3 is 0 Å². The number of benzene rings is 6. The molecule has 1 saturated carbocycles. The second-order valence-electron chi connectivity index (χ2n) is 26.6. The van der Waals surface area contributed by atoms with Crippen molar-refractivity contribution in [3.63, 3.8) is 0 Å². The Bertz CT molecular complexity index is 4980. The van der Waals surface area contributed by atoms with Crippen molar-refractivity contribution in [3.8, 4) is 97.1 Å². The smallest absolute Gasteiger partial charge is 0.203 e. The third kappa shape index (κ3) is 11.4. The Labute approximate surface area is 561 Å². The summed E-state index contributed by atoms with van der Waals surface area (Å²) in [7, 11) is 0. The van der Waals surface area contributed by atoms with Gasteiger partial charge < -0.3 is 39.0 Å². The van der Waals surface area contributed by atoms with Crippen LogP contribution in [-0.2, 0) is 19.6 Å². The van der Waals surface area contributed by atoms with Gasteiger partial charge in [-0.3, -0.25) is 9.13 Å². The molecule has 6 aromatic heterocycles. The summed E-state index contributed by atoms with van der Waals surface area (Å²) in [5.74, 6) is 4.05. The summed E-state index contributed by atoms with van der Waals surface area (Å²) >= 11 is 0. The third-order valence-corrected chi connectivity index (χ3v) is 20.6. The maximum Gasteiger partial charge on any atom is 0.203 e. The monoisotopic (exact) mass is 1280 g/mol. The summed E-state index contributed by atoms with van der Waals surface area (Å²) in [6.07, 6.45) is 16.9. The highest BCUT2D eigenvalue weighted by Crippen LogP contribution is 2.43. The number of aryl methyl sites for hydroxylation is 1. The van der Waals surface area contributed by atoms with Crippen molar-refractivity contribution in [3.05, 3.63) is 216 Å². The summed E-state index contributed by atoms with van der Waals surface area (Å²) < 4.78 is 26.3. The highest BCUT2D eigenvalue weighted by Gasteiger charge is 2.37. The van der Waals surface area contributed by atoms with Crippen LogP contribution in [0.2, 0.25) is 0 Å². The number of tetrazole rings is 1. The minimum atomic E-state index is -0.237. The normalized spacial score (nSPS) is 17.1. The number of nitrogens with one attached hydrogen (secondary N) is 2. The van der Waals surface area contributed by atoms with Gasteiger partial charge in [0, 0.05) is 131 Å². The lowest BCUT2D eigenvalue weighted by Gasteiger charge is -2.24. The summed E-state index contributed by atoms with van der Waals surface area (Å²) in [4.78, 5) is 12.4. The van der Waals surface area contributed by atoms with Crippen LogP contribution in [0.5, 0.6) is 0 Å². The van der Waals surface area contributed by atoms with Crippen LogP contribution in [0.15, 0.2) is 177 Å². The lowest BCUT2D eigenvalue weighted by Crippen LogP contribution is -2.28. The Morgan fingerprint density at radius 2 is 0.948 bits per heavy atom. The molecule has 12 heterocycles. The molecule has 0 amide bonds. The minimum Gasteiger partial charge on any atom is -0.371 e. The minimum absolute atomic E-state index is 0.237. The molecule has 20 heteroatoms. The second kappa shape index (κ2) is 25.2. The zero-order chi connectivity index (χ0) is 65.1. The summed E-state index contributed by atoms with van der Waals surface area (Å²) in [5.41, 5.74) is 22.9. The maximum atomic E-state index is 13.4. The van der Waals surface area contributed by atoms with Gasteiger partial charge in [-0.25, -0.2) is 9.37 Å². The first-order valence-corrected chi connectivity index (χ1v) is 33.9. The standard InChI is InChI=1S/C27H24N6.C27H26N6.C23H22FN7/c28-12-18-4-6-19(7-5-18)22-11-26-27-30-29-17-33(27)25-9-8-24(10-23(25)16-32(26)15-22)31-13-20-2-1-3-21(20)14-31;1-19-16-33-25-8-7-24(31-11-2-9-29-10-12-31)13-23(25)18-32-17-22(14-26(32)27(33)30-19)21-5-3-20(15-28)4-6-21;24-19-4-2-16(3-5-19)17-13-22-23-26-27-28-31(23)21-7-6-20(12-18(21)15-30(22)14-17)29-10-1-8-25-9-11-29/h4-11,15,17,20-21H,1-3,13-14,16H2;3-8,13-14,16-17,29H,2,9-12,18H2,1H3;2-7,12-14,25H,1,8-11,15H2. The van der Waals surface area contributed by atoms with Gasteiger partial charge in [-0.2, -0.15) is 15.2 Å². The highest BCUT2D eigenvalue weighted by atomic mass is 19.1. The first kappa shape index (κ1) is 59.5. The van der Waals surface area contributed by atoms with Crippen molar-refractivity contribution in [2.75, 3.05) is 80.1 Å². The van der Waals surface area contributed by atoms with Crippen molar-refractivity contribution in [1.29, 1.82) is 10.5 Å². The predicted molar refractivity (Wildman–Crippen MR) is 375 cm³/mol. The number of hydrogen-bond donors (Lipinski definition) is 2. The van der Waals surface area contributed by atoms with Crippen LogP contribution < -0.4 is 25.3 Å². The Kier molecular flexibility index (Phi) is 15.5. The van der Waals surface area contributed by atoms with Crippen LogP contribution in [0.1, 0.15) is 65.6 Å². The largest absolute Gasteiger partial charge is 0.371 e. The van der Waals surface area contributed by atoms with Gasteiger partial charge in [-0.1, -0.05) is 42.8 Å². The van der Waals surface area contributed by atoms with E-state index in [9.17, 15) is 4.39 Å². The van der Waals surface area contributed by atoms with Gasteiger partial charge in [-0.15, -0.1) is 15.3 Å². The van der Waals surface area contributed by atoms with E-state index in [0.717, 1.165) is 169 Å². The van der Waals surface area contributed by atoms with Crippen LogP contribution in [0, 0.1) is 47.2 Å². The van der Waals surface area contributed by atoms with E-state index in [2.05, 4.69) is 191 Å². The van der Waals surface area contributed by atoms with Gasteiger partial charge in [0.25, 0.3) is 0 Å². The molecule has 1 aliphatic carbocycles. The van der Waals surface area contributed by atoms with Crippen molar-refractivity contribution in [2.24, 2.45) is 11.8 Å². The molecule has 97 heavy (non-hydrogen) atoms. The summed E-state index contributed by atoms with van der Waals surface area (Å²) in [6, 6.07) is 53.3. The molecule has 0 radical (unpaired) electrons. The molecular formula is C77H72FN19. The highest BCUT2D eigenvalue weighted by molar-refractivity contribution is 5.76. The van der Waals surface area contributed by atoms with Crippen molar-refractivity contribution >= 4 is 17.1 Å². The SMILES string of the molecule is Cc1cn2c(n1)-c1cc(-c3ccc(C#N)cc3)cn1Cc1cc(N3CCCNCC3)ccc1-2.Fc1ccc(-c2cc3n(c2)Cc2cc(N4CCCNCC4)ccc2-n2nnnc2-3)cc1.N#Cc1ccc(-c2cc3n(c2)Cc2cc(N4CC5CCCC5C4)ccc2-n2cnnc2-3)cc1.